The number of rotatable bonds is 1. The summed E-state index contributed by atoms with van der Waals surface area (Å²) in [5, 5.41) is 10.8. The molecule has 71 valence electrons. The van der Waals surface area contributed by atoms with E-state index in [0.717, 1.165) is 11.3 Å². The topological polar surface area (TPSA) is 41.6 Å². The van der Waals surface area contributed by atoms with E-state index in [9.17, 15) is 0 Å². The largest absolute Gasteiger partial charge is 0.256 e. The minimum atomic E-state index is 0. The summed E-state index contributed by atoms with van der Waals surface area (Å²) in [5.74, 6) is 0. The van der Waals surface area contributed by atoms with Gasteiger partial charge in [-0.05, 0) is 0 Å². The van der Waals surface area contributed by atoms with Crippen molar-refractivity contribution in [2.45, 2.75) is 5.03 Å². The predicted molar refractivity (Wildman–Crippen MR) is 49.1 cm³/mol. The van der Waals surface area contributed by atoms with E-state index in [2.05, 4.69) is 28.0 Å². The zero-order valence-electron chi connectivity index (χ0n) is 6.53. The number of nitrogens with zero attached hydrogens (tertiary/aromatic N) is 2. The van der Waals surface area contributed by atoms with Crippen LogP contribution in [0, 0.1) is 0 Å². The molecule has 1 heterocycles. The van der Waals surface area contributed by atoms with Gasteiger partial charge in [0.25, 0.3) is 0 Å². The molecule has 1 aromatic heterocycles. The van der Waals surface area contributed by atoms with Crippen molar-refractivity contribution in [3.63, 3.8) is 0 Å². The SMILES string of the molecule is Sc1nn[nH]c1-c1ccccc1.[Ag]. The Bertz CT molecular complexity index is 374. The molecular formula is C8H7AgN3S. The third-order valence-corrected chi connectivity index (χ3v) is 1.91. The van der Waals surface area contributed by atoms with Crippen LogP contribution in [-0.4, -0.2) is 15.4 Å². The molecule has 2 rings (SSSR count). The van der Waals surface area contributed by atoms with Gasteiger partial charge in [-0.15, -0.1) is 17.7 Å². The van der Waals surface area contributed by atoms with Gasteiger partial charge in [0.2, 0.25) is 0 Å². The van der Waals surface area contributed by atoms with Crippen LogP contribution >= 0.6 is 12.6 Å². The normalized spacial score (nSPS) is 9.31. The molecule has 2 aromatic rings. The summed E-state index contributed by atoms with van der Waals surface area (Å²) in [5.41, 5.74) is 1.91. The quantitative estimate of drug-likeness (QED) is 0.619. The first-order valence-electron chi connectivity index (χ1n) is 3.53. The fraction of sp³-hybridized carbons (Fsp3) is 0. The molecule has 0 aliphatic heterocycles. The van der Waals surface area contributed by atoms with E-state index in [0.29, 0.717) is 5.03 Å². The standard InChI is InChI=1S/C8H7N3S.Ag/c12-8-7(9-11-10-8)6-4-2-1-3-5-6;/h1-5H,(H2,9,10,11,12);. The van der Waals surface area contributed by atoms with Crippen molar-refractivity contribution in [1.29, 1.82) is 0 Å². The average molecular weight is 285 g/mol. The number of hydrogen-bond donors (Lipinski definition) is 2. The van der Waals surface area contributed by atoms with E-state index in [1.54, 1.807) is 0 Å². The van der Waals surface area contributed by atoms with Gasteiger partial charge in [0.1, 0.15) is 5.03 Å². The second-order valence-corrected chi connectivity index (χ2v) is 2.80. The Hall–Kier alpha value is -0.550. The summed E-state index contributed by atoms with van der Waals surface area (Å²) >= 11 is 4.16. The van der Waals surface area contributed by atoms with Crippen LogP contribution in [0.5, 0.6) is 0 Å². The number of hydrogen-bond acceptors (Lipinski definition) is 3. The fourth-order valence-corrected chi connectivity index (χ4v) is 1.24. The number of benzene rings is 1. The van der Waals surface area contributed by atoms with E-state index in [-0.39, 0.29) is 22.4 Å². The molecule has 1 radical (unpaired) electrons. The zero-order chi connectivity index (χ0) is 8.39. The molecule has 5 heteroatoms. The maximum atomic E-state index is 4.16. The molecule has 1 N–H and O–H groups in total. The molecule has 1 aromatic carbocycles. The van der Waals surface area contributed by atoms with Crippen molar-refractivity contribution >= 4 is 12.6 Å². The third-order valence-electron chi connectivity index (χ3n) is 1.59. The van der Waals surface area contributed by atoms with Gasteiger partial charge in [-0.1, -0.05) is 35.5 Å². The molecule has 0 fully saturated rings. The van der Waals surface area contributed by atoms with Crippen LogP contribution < -0.4 is 0 Å². The minimum Gasteiger partial charge on any atom is -0.256 e. The molecule has 0 spiro atoms. The van der Waals surface area contributed by atoms with Gasteiger partial charge in [-0.3, -0.25) is 5.10 Å². The van der Waals surface area contributed by atoms with Crippen LogP contribution in [-0.2, 0) is 22.4 Å². The molecule has 0 bridgehead atoms. The van der Waals surface area contributed by atoms with Crippen LogP contribution in [0.3, 0.4) is 0 Å². The van der Waals surface area contributed by atoms with Gasteiger partial charge in [0.05, 0.1) is 5.69 Å². The Balaban J connectivity index is 0.000000845. The first-order chi connectivity index (χ1) is 5.88. The van der Waals surface area contributed by atoms with Crippen molar-refractivity contribution in [2.75, 3.05) is 0 Å². The Labute approximate surface area is 96.9 Å². The van der Waals surface area contributed by atoms with Crippen molar-refractivity contribution < 1.29 is 22.4 Å². The summed E-state index contributed by atoms with van der Waals surface area (Å²) in [6.45, 7) is 0. The summed E-state index contributed by atoms with van der Waals surface area (Å²) in [4.78, 5) is 0. The molecule has 0 saturated carbocycles. The van der Waals surface area contributed by atoms with Gasteiger partial charge < -0.3 is 0 Å². The Morgan fingerprint density at radius 3 is 2.38 bits per heavy atom. The maximum Gasteiger partial charge on any atom is 0.143 e. The second kappa shape index (κ2) is 4.62. The molecule has 0 unspecified atom stereocenters. The molecule has 0 aliphatic rings. The van der Waals surface area contributed by atoms with Gasteiger partial charge >= 0.3 is 0 Å². The smallest absolute Gasteiger partial charge is 0.143 e. The zero-order valence-corrected chi connectivity index (χ0v) is 8.91. The van der Waals surface area contributed by atoms with Crippen molar-refractivity contribution in [3.8, 4) is 11.3 Å². The Morgan fingerprint density at radius 1 is 1.15 bits per heavy atom. The van der Waals surface area contributed by atoms with Gasteiger partial charge in [0, 0.05) is 27.9 Å². The molecular weight excluding hydrogens is 278 g/mol. The fourth-order valence-electron chi connectivity index (χ4n) is 1.02. The first kappa shape index (κ1) is 10.5. The number of aromatic nitrogens is 3. The van der Waals surface area contributed by atoms with Crippen molar-refractivity contribution in [2.24, 2.45) is 0 Å². The van der Waals surface area contributed by atoms with Crippen LogP contribution in [0.1, 0.15) is 0 Å². The van der Waals surface area contributed by atoms with Crippen molar-refractivity contribution in [1.82, 2.24) is 15.4 Å². The molecule has 0 amide bonds. The van der Waals surface area contributed by atoms with Gasteiger partial charge in [-0.2, -0.15) is 0 Å². The second-order valence-electron chi connectivity index (χ2n) is 2.38. The number of thiol groups is 1. The van der Waals surface area contributed by atoms with Crippen LogP contribution in [0.2, 0.25) is 0 Å². The van der Waals surface area contributed by atoms with E-state index in [1.165, 1.54) is 0 Å². The predicted octanol–water partition coefficient (Wildman–Crippen LogP) is 1.76. The average Bonchev–Trinajstić information content (AvgIpc) is 2.53. The molecule has 0 saturated heterocycles. The first-order valence-corrected chi connectivity index (χ1v) is 3.98. The third kappa shape index (κ3) is 2.22. The summed E-state index contributed by atoms with van der Waals surface area (Å²) in [6, 6.07) is 9.85. The number of H-pyrrole nitrogens is 1. The van der Waals surface area contributed by atoms with E-state index in [4.69, 9.17) is 0 Å². The summed E-state index contributed by atoms with van der Waals surface area (Å²) in [7, 11) is 0. The number of aromatic amines is 1. The van der Waals surface area contributed by atoms with E-state index in [1.807, 2.05) is 30.3 Å². The van der Waals surface area contributed by atoms with E-state index < -0.39 is 0 Å². The molecule has 3 nitrogen and oxygen atoms in total. The minimum absolute atomic E-state index is 0. The van der Waals surface area contributed by atoms with Gasteiger partial charge in [-0.25, -0.2) is 0 Å². The van der Waals surface area contributed by atoms with E-state index >= 15 is 0 Å². The van der Waals surface area contributed by atoms with Crippen molar-refractivity contribution in [3.05, 3.63) is 30.3 Å². The number of nitrogens with one attached hydrogen (secondary N) is 1. The Morgan fingerprint density at radius 2 is 1.85 bits per heavy atom. The molecule has 0 atom stereocenters. The molecule has 0 aliphatic carbocycles. The van der Waals surface area contributed by atoms with Crippen LogP contribution in [0.25, 0.3) is 11.3 Å². The van der Waals surface area contributed by atoms with Crippen LogP contribution in [0.4, 0.5) is 0 Å². The van der Waals surface area contributed by atoms with Gasteiger partial charge in [0.15, 0.2) is 0 Å². The Kier molecular flexibility index (Phi) is 3.74. The monoisotopic (exact) mass is 284 g/mol. The molecule has 13 heavy (non-hydrogen) atoms. The summed E-state index contributed by atoms with van der Waals surface area (Å²) in [6.07, 6.45) is 0. The maximum absolute atomic E-state index is 4.16. The van der Waals surface area contributed by atoms with Crippen LogP contribution in [0.15, 0.2) is 35.4 Å². The summed E-state index contributed by atoms with van der Waals surface area (Å²) < 4.78 is 0.